The SMILES string of the molecule is COc1ccc(C2CC(=O)N(CCN(C)CCNC(=O)COc3ccc(C4=NNC(=O)CC4)cc3Cl)C(C)=C(c3ccccc3)S2)cc1. The number of nitrogens with one attached hydrogen (secondary N) is 2. The maximum Gasteiger partial charge on any atom is 0.257 e. The lowest BCUT2D eigenvalue weighted by molar-refractivity contribution is -0.129. The first-order valence-electron chi connectivity index (χ1n) is 15.8. The lowest BCUT2D eigenvalue weighted by Gasteiger charge is -2.26. The van der Waals surface area contributed by atoms with Gasteiger partial charge in [-0.15, -0.1) is 11.8 Å². The number of hydrazone groups is 1. The van der Waals surface area contributed by atoms with E-state index in [0.717, 1.165) is 38.8 Å². The summed E-state index contributed by atoms with van der Waals surface area (Å²) in [5.41, 5.74) is 7.12. The van der Waals surface area contributed by atoms with Gasteiger partial charge in [-0.1, -0.05) is 54.1 Å². The Kier molecular flexibility index (Phi) is 12.2. The molecule has 1 atom stereocenters. The van der Waals surface area contributed by atoms with E-state index < -0.39 is 0 Å². The third-order valence-electron chi connectivity index (χ3n) is 8.23. The fourth-order valence-electron chi connectivity index (χ4n) is 5.45. The van der Waals surface area contributed by atoms with Crippen molar-refractivity contribution in [1.82, 2.24) is 20.5 Å². The Morgan fingerprint density at radius 2 is 1.83 bits per heavy atom. The van der Waals surface area contributed by atoms with E-state index in [4.69, 9.17) is 21.1 Å². The summed E-state index contributed by atoms with van der Waals surface area (Å²) in [6, 6.07) is 23.3. The van der Waals surface area contributed by atoms with E-state index in [1.54, 1.807) is 37.1 Å². The summed E-state index contributed by atoms with van der Waals surface area (Å²) in [5, 5.41) is 7.30. The number of carbonyl (C=O) groups excluding carboxylic acids is 3. The van der Waals surface area contributed by atoms with Crippen molar-refractivity contribution < 1.29 is 23.9 Å². The second kappa shape index (κ2) is 16.7. The van der Waals surface area contributed by atoms with E-state index in [9.17, 15) is 14.4 Å². The minimum atomic E-state index is -0.265. The molecule has 0 radical (unpaired) electrons. The van der Waals surface area contributed by atoms with Crippen molar-refractivity contribution in [2.24, 2.45) is 5.10 Å². The summed E-state index contributed by atoms with van der Waals surface area (Å²) in [6.45, 7) is 4.02. The number of allylic oxidation sites excluding steroid dienone is 1. The van der Waals surface area contributed by atoms with Gasteiger partial charge in [-0.25, -0.2) is 5.43 Å². The topological polar surface area (TPSA) is 113 Å². The first kappa shape index (κ1) is 35.0. The van der Waals surface area contributed by atoms with E-state index >= 15 is 0 Å². The van der Waals surface area contributed by atoms with Crippen LogP contribution in [0.3, 0.4) is 0 Å². The average molecular weight is 690 g/mol. The van der Waals surface area contributed by atoms with Crippen molar-refractivity contribution in [3.8, 4) is 11.5 Å². The molecule has 0 saturated carbocycles. The van der Waals surface area contributed by atoms with Crippen molar-refractivity contribution in [1.29, 1.82) is 0 Å². The normalized spacial score (nSPS) is 16.7. The van der Waals surface area contributed by atoms with Gasteiger partial charge in [0.1, 0.15) is 11.5 Å². The molecule has 0 fully saturated rings. The van der Waals surface area contributed by atoms with Crippen molar-refractivity contribution in [2.75, 3.05) is 46.9 Å². The van der Waals surface area contributed by atoms with Crippen molar-refractivity contribution in [3.63, 3.8) is 0 Å². The number of likely N-dealkylation sites (N-methyl/N-ethyl adjacent to an activating group) is 1. The second-order valence-electron chi connectivity index (χ2n) is 11.6. The highest BCUT2D eigenvalue weighted by Crippen LogP contribution is 2.47. The zero-order valence-corrected chi connectivity index (χ0v) is 28.9. The molecule has 3 amide bonds. The number of hydrogen-bond donors (Lipinski definition) is 2. The highest BCUT2D eigenvalue weighted by Gasteiger charge is 2.30. The minimum absolute atomic E-state index is 0.0305. The molecule has 0 spiro atoms. The van der Waals surface area contributed by atoms with Crippen LogP contribution in [0.1, 0.15) is 48.1 Å². The van der Waals surface area contributed by atoms with Gasteiger partial charge in [0, 0.05) is 61.3 Å². The average Bonchev–Trinajstić information content (AvgIpc) is 3.22. The van der Waals surface area contributed by atoms with Crippen molar-refractivity contribution in [3.05, 3.63) is 100 Å². The Balaban J connectivity index is 1.12. The number of hydrogen-bond acceptors (Lipinski definition) is 8. The fraction of sp³-hybridized carbons (Fsp3) is 0.333. The third kappa shape index (κ3) is 9.18. The fourth-order valence-corrected chi connectivity index (χ4v) is 7.05. The molecular formula is C36H40ClN5O5S. The number of ether oxygens (including phenoxy) is 2. The summed E-state index contributed by atoms with van der Waals surface area (Å²) >= 11 is 8.11. The maximum absolute atomic E-state index is 13.7. The Hall–Kier alpha value is -4.32. The number of halogens is 1. The monoisotopic (exact) mass is 689 g/mol. The summed E-state index contributed by atoms with van der Waals surface area (Å²) in [4.78, 5) is 42.6. The standard InChI is InChI=1S/C36H40ClN5O5S/c1-24-36(26-7-5-4-6-8-26)48-32(25-9-12-28(46-3)13-10-25)22-35(45)42(24)20-19-41(2)18-17-38-34(44)23-47-31-15-11-27(21-29(31)37)30-14-16-33(43)40-39-30/h4-13,15,21,32H,14,16-20,22-23H2,1-3H3,(H,38,44)(H,40,43). The molecule has 0 saturated heterocycles. The van der Waals surface area contributed by atoms with Crippen molar-refractivity contribution >= 4 is 51.7 Å². The quantitative estimate of drug-likeness (QED) is 0.244. The molecule has 2 N–H and O–H groups in total. The lowest BCUT2D eigenvalue weighted by Crippen LogP contribution is -2.40. The minimum Gasteiger partial charge on any atom is -0.497 e. The van der Waals surface area contributed by atoms with E-state index in [1.165, 1.54) is 0 Å². The predicted molar refractivity (Wildman–Crippen MR) is 190 cm³/mol. The van der Waals surface area contributed by atoms with Crippen LogP contribution in [0.15, 0.2) is 83.6 Å². The highest BCUT2D eigenvalue weighted by molar-refractivity contribution is 8.08. The molecule has 10 nitrogen and oxygen atoms in total. The van der Waals surface area contributed by atoms with Crippen LogP contribution in [0.25, 0.3) is 4.91 Å². The van der Waals surface area contributed by atoms with Crippen LogP contribution in [-0.2, 0) is 14.4 Å². The molecule has 2 aliphatic rings. The second-order valence-corrected chi connectivity index (χ2v) is 13.2. The summed E-state index contributed by atoms with van der Waals surface area (Å²) in [7, 11) is 3.62. The van der Waals surface area contributed by atoms with Gasteiger partial charge in [0.15, 0.2) is 6.61 Å². The number of carbonyl (C=O) groups is 3. The van der Waals surface area contributed by atoms with Crippen LogP contribution in [-0.4, -0.2) is 80.2 Å². The largest absolute Gasteiger partial charge is 0.497 e. The molecule has 2 aliphatic heterocycles. The number of rotatable bonds is 13. The third-order valence-corrected chi connectivity index (χ3v) is 10.0. The molecule has 12 heteroatoms. The molecule has 0 aromatic heterocycles. The van der Waals surface area contributed by atoms with Crippen LogP contribution in [0.4, 0.5) is 0 Å². The zero-order valence-electron chi connectivity index (χ0n) is 27.3. The molecule has 252 valence electrons. The van der Waals surface area contributed by atoms with Gasteiger partial charge in [-0.2, -0.15) is 5.10 Å². The first-order valence-corrected chi connectivity index (χ1v) is 17.1. The number of benzene rings is 3. The van der Waals surface area contributed by atoms with Gasteiger partial charge >= 0.3 is 0 Å². The molecule has 3 aromatic rings. The lowest BCUT2D eigenvalue weighted by atomic mass is 10.0. The Labute approximate surface area is 290 Å². The molecule has 1 unspecified atom stereocenters. The zero-order chi connectivity index (χ0) is 34.0. The number of methoxy groups -OCH3 is 1. The molecule has 0 bridgehead atoms. The van der Waals surface area contributed by atoms with Gasteiger partial charge in [-0.3, -0.25) is 14.4 Å². The first-order chi connectivity index (χ1) is 23.2. The molecule has 5 rings (SSSR count). The Morgan fingerprint density at radius 1 is 1.06 bits per heavy atom. The number of nitrogens with zero attached hydrogens (tertiary/aromatic N) is 3. The van der Waals surface area contributed by atoms with Gasteiger partial charge in [0.05, 0.1) is 17.8 Å². The summed E-state index contributed by atoms with van der Waals surface area (Å²) in [5.74, 6) is 0.874. The number of thioether (sulfide) groups is 1. The summed E-state index contributed by atoms with van der Waals surface area (Å²) < 4.78 is 11.0. The van der Waals surface area contributed by atoms with E-state index in [-0.39, 0.29) is 29.6 Å². The van der Waals surface area contributed by atoms with E-state index in [0.29, 0.717) is 56.2 Å². The van der Waals surface area contributed by atoms with Crippen molar-refractivity contribution in [2.45, 2.75) is 31.4 Å². The van der Waals surface area contributed by atoms with E-state index in [2.05, 4.69) is 32.9 Å². The van der Waals surface area contributed by atoms with Gasteiger partial charge in [0.25, 0.3) is 5.91 Å². The van der Waals surface area contributed by atoms with E-state index in [1.807, 2.05) is 61.3 Å². The maximum atomic E-state index is 13.7. The smallest absolute Gasteiger partial charge is 0.257 e. The van der Waals surface area contributed by atoms with Crippen LogP contribution >= 0.6 is 23.4 Å². The van der Waals surface area contributed by atoms with Crippen LogP contribution in [0.2, 0.25) is 5.02 Å². The molecule has 48 heavy (non-hydrogen) atoms. The Morgan fingerprint density at radius 3 is 2.52 bits per heavy atom. The summed E-state index contributed by atoms with van der Waals surface area (Å²) in [6.07, 6.45) is 1.28. The van der Waals surface area contributed by atoms with Crippen LogP contribution in [0, 0.1) is 0 Å². The van der Waals surface area contributed by atoms with Crippen LogP contribution < -0.4 is 20.2 Å². The van der Waals surface area contributed by atoms with Gasteiger partial charge in [-0.05, 0) is 61.0 Å². The predicted octanol–water partition coefficient (Wildman–Crippen LogP) is 5.49. The molecule has 2 heterocycles. The highest BCUT2D eigenvalue weighted by atomic mass is 35.5. The molecule has 3 aromatic carbocycles. The Bertz CT molecular complexity index is 1680. The molecule has 0 aliphatic carbocycles. The van der Waals surface area contributed by atoms with Gasteiger partial charge in [0.2, 0.25) is 11.8 Å². The van der Waals surface area contributed by atoms with Gasteiger partial charge < -0.3 is 24.6 Å². The number of amides is 3. The van der Waals surface area contributed by atoms with Crippen LogP contribution in [0.5, 0.6) is 11.5 Å². The molecular weight excluding hydrogens is 650 g/mol.